The molecule has 2 rings (SSSR count). The summed E-state index contributed by atoms with van der Waals surface area (Å²) in [6.07, 6.45) is -9.46. The van der Waals surface area contributed by atoms with Crippen LogP contribution in [0.2, 0.25) is 0 Å². The van der Waals surface area contributed by atoms with Crippen LogP contribution in [0, 0.1) is 0 Å². The van der Waals surface area contributed by atoms with Crippen LogP contribution >= 0.6 is 0 Å². The number of hydrogen-bond donors (Lipinski definition) is 6. The third-order valence-corrected chi connectivity index (χ3v) is 4.26. The van der Waals surface area contributed by atoms with Gasteiger partial charge >= 0.3 is 0 Å². The first kappa shape index (κ1) is 19.5. The standard InChI is InChI=1S/C14H25NO9/c1-5-9(15-6(2)17)13(11(20)8(3-16)23-5)24-14-12(21)10(19)7(18)4-22-14/h5,7-14,16,18-21H,3-4H2,1-2H3,(H,15,17). The van der Waals surface area contributed by atoms with Gasteiger partial charge in [-0.15, -0.1) is 0 Å². The summed E-state index contributed by atoms with van der Waals surface area (Å²) in [5.41, 5.74) is 0. The Labute approximate surface area is 138 Å². The van der Waals surface area contributed by atoms with E-state index in [4.69, 9.17) is 14.2 Å². The topological polar surface area (TPSA) is 158 Å². The van der Waals surface area contributed by atoms with E-state index < -0.39 is 61.7 Å². The van der Waals surface area contributed by atoms with E-state index in [2.05, 4.69) is 5.32 Å². The van der Waals surface area contributed by atoms with Gasteiger partial charge in [-0.25, -0.2) is 0 Å². The lowest BCUT2D eigenvalue weighted by Gasteiger charge is -2.46. The third kappa shape index (κ3) is 4.03. The second-order valence-electron chi connectivity index (χ2n) is 6.13. The van der Waals surface area contributed by atoms with Crippen LogP contribution in [0.4, 0.5) is 0 Å². The average Bonchev–Trinajstić information content (AvgIpc) is 2.53. The smallest absolute Gasteiger partial charge is 0.217 e. The molecule has 9 atom stereocenters. The zero-order chi connectivity index (χ0) is 18.0. The predicted octanol–water partition coefficient (Wildman–Crippen LogP) is -3.54. The highest BCUT2D eigenvalue weighted by molar-refractivity contribution is 5.73. The summed E-state index contributed by atoms with van der Waals surface area (Å²) >= 11 is 0. The van der Waals surface area contributed by atoms with Crippen LogP contribution in [0.1, 0.15) is 13.8 Å². The molecule has 0 spiro atoms. The first-order valence-electron chi connectivity index (χ1n) is 7.79. The number of nitrogens with one attached hydrogen (secondary N) is 1. The van der Waals surface area contributed by atoms with E-state index in [1.165, 1.54) is 6.92 Å². The highest BCUT2D eigenvalue weighted by Gasteiger charge is 2.48. The largest absolute Gasteiger partial charge is 0.394 e. The van der Waals surface area contributed by atoms with Crippen molar-refractivity contribution in [2.75, 3.05) is 13.2 Å². The Bertz CT molecular complexity index is 436. The van der Waals surface area contributed by atoms with Crippen LogP contribution in [0.3, 0.4) is 0 Å². The molecule has 2 saturated heterocycles. The molecule has 1 amide bonds. The van der Waals surface area contributed by atoms with E-state index >= 15 is 0 Å². The molecule has 2 fully saturated rings. The number of aliphatic hydroxyl groups is 5. The fourth-order valence-electron chi connectivity index (χ4n) is 2.94. The van der Waals surface area contributed by atoms with E-state index in [1.807, 2.05) is 0 Å². The molecule has 9 unspecified atom stereocenters. The summed E-state index contributed by atoms with van der Waals surface area (Å²) in [6.45, 7) is 2.21. The first-order chi connectivity index (χ1) is 11.3. The lowest BCUT2D eigenvalue weighted by atomic mass is 9.93. The fourth-order valence-corrected chi connectivity index (χ4v) is 2.94. The molecule has 0 radical (unpaired) electrons. The van der Waals surface area contributed by atoms with Gasteiger partial charge in [0, 0.05) is 6.92 Å². The molecular formula is C14H25NO9. The van der Waals surface area contributed by atoms with E-state index in [9.17, 15) is 30.3 Å². The van der Waals surface area contributed by atoms with Gasteiger partial charge in [0.15, 0.2) is 6.29 Å². The Hall–Kier alpha value is -0.850. The molecule has 6 N–H and O–H groups in total. The van der Waals surface area contributed by atoms with Crippen LogP contribution in [0.5, 0.6) is 0 Å². The maximum absolute atomic E-state index is 11.4. The quantitative estimate of drug-likeness (QED) is 0.302. The summed E-state index contributed by atoms with van der Waals surface area (Å²) in [4.78, 5) is 11.4. The number of ether oxygens (including phenoxy) is 3. The van der Waals surface area contributed by atoms with Gasteiger partial charge in [-0.1, -0.05) is 0 Å². The molecular weight excluding hydrogens is 326 g/mol. The maximum Gasteiger partial charge on any atom is 0.217 e. The van der Waals surface area contributed by atoms with Crippen molar-refractivity contribution in [2.45, 2.75) is 68.9 Å². The third-order valence-electron chi connectivity index (χ3n) is 4.26. The molecule has 10 heteroatoms. The van der Waals surface area contributed by atoms with E-state index in [0.717, 1.165) is 0 Å². The number of hydrogen-bond acceptors (Lipinski definition) is 9. The van der Waals surface area contributed by atoms with Crippen molar-refractivity contribution < 1.29 is 44.5 Å². The average molecular weight is 351 g/mol. The number of carbonyl (C=O) groups excluding carboxylic acids is 1. The van der Waals surface area contributed by atoms with Crippen molar-refractivity contribution in [3.8, 4) is 0 Å². The minimum atomic E-state index is -1.54. The maximum atomic E-state index is 11.4. The molecule has 0 aromatic rings. The van der Waals surface area contributed by atoms with Gasteiger partial charge in [0.25, 0.3) is 0 Å². The van der Waals surface area contributed by atoms with Gasteiger partial charge < -0.3 is 45.1 Å². The molecule has 0 aromatic heterocycles. The van der Waals surface area contributed by atoms with Gasteiger partial charge in [0.2, 0.25) is 5.91 Å². The Morgan fingerprint density at radius 2 is 1.88 bits per heavy atom. The molecule has 0 aromatic carbocycles. The highest BCUT2D eigenvalue weighted by atomic mass is 16.7. The van der Waals surface area contributed by atoms with Crippen molar-refractivity contribution in [2.24, 2.45) is 0 Å². The number of carbonyl (C=O) groups is 1. The fraction of sp³-hybridized carbons (Fsp3) is 0.929. The second kappa shape index (κ2) is 8.02. The van der Waals surface area contributed by atoms with Crippen LogP contribution < -0.4 is 5.32 Å². The highest BCUT2D eigenvalue weighted by Crippen LogP contribution is 2.27. The van der Waals surface area contributed by atoms with Gasteiger partial charge in [0.1, 0.15) is 36.6 Å². The monoisotopic (exact) mass is 351 g/mol. The lowest BCUT2D eigenvalue weighted by molar-refractivity contribution is -0.310. The van der Waals surface area contributed by atoms with Gasteiger partial charge in [-0.2, -0.15) is 0 Å². The molecule has 0 saturated carbocycles. The minimum Gasteiger partial charge on any atom is -0.394 e. The minimum absolute atomic E-state index is 0.258. The summed E-state index contributed by atoms with van der Waals surface area (Å²) < 4.78 is 16.2. The molecule has 10 nitrogen and oxygen atoms in total. The summed E-state index contributed by atoms with van der Waals surface area (Å²) in [5.74, 6) is -0.376. The van der Waals surface area contributed by atoms with Crippen LogP contribution in [0.25, 0.3) is 0 Å². The Balaban J connectivity index is 2.16. The molecule has 0 aliphatic carbocycles. The second-order valence-corrected chi connectivity index (χ2v) is 6.13. The van der Waals surface area contributed by atoms with E-state index in [-0.39, 0.29) is 12.5 Å². The van der Waals surface area contributed by atoms with Gasteiger partial charge in [0.05, 0.1) is 25.4 Å². The Kier molecular flexibility index (Phi) is 6.51. The Morgan fingerprint density at radius 1 is 1.21 bits per heavy atom. The molecule has 140 valence electrons. The van der Waals surface area contributed by atoms with Crippen molar-refractivity contribution in [3.05, 3.63) is 0 Å². The van der Waals surface area contributed by atoms with Crippen molar-refractivity contribution >= 4 is 5.91 Å². The van der Waals surface area contributed by atoms with Gasteiger partial charge in [-0.05, 0) is 6.92 Å². The van der Waals surface area contributed by atoms with E-state index in [0.29, 0.717) is 0 Å². The number of amides is 1. The molecule has 2 aliphatic heterocycles. The molecule has 2 heterocycles. The van der Waals surface area contributed by atoms with Crippen molar-refractivity contribution in [1.29, 1.82) is 0 Å². The predicted molar refractivity (Wildman–Crippen MR) is 77.7 cm³/mol. The van der Waals surface area contributed by atoms with Crippen LogP contribution in [0.15, 0.2) is 0 Å². The molecule has 24 heavy (non-hydrogen) atoms. The number of rotatable bonds is 4. The van der Waals surface area contributed by atoms with Crippen LogP contribution in [-0.4, -0.2) is 99.7 Å². The van der Waals surface area contributed by atoms with Gasteiger partial charge in [-0.3, -0.25) is 4.79 Å². The normalized spacial score (nSPS) is 46.5. The van der Waals surface area contributed by atoms with Crippen molar-refractivity contribution in [3.63, 3.8) is 0 Å². The molecule has 0 bridgehead atoms. The summed E-state index contributed by atoms with van der Waals surface area (Å²) in [7, 11) is 0. The van der Waals surface area contributed by atoms with Crippen LogP contribution in [-0.2, 0) is 19.0 Å². The molecule has 2 aliphatic rings. The lowest BCUT2D eigenvalue weighted by Crippen LogP contribution is -2.66. The zero-order valence-corrected chi connectivity index (χ0v) is 13.5. The van der Waals surface area contributed by atoms with E-state index in [1.54, 1.807) is 6.92 Å². The Morgan fingerprint density at radius 3 is 2.46 bits per heavy atom. The number of aliphatic hydroxyl groups excluding tert-OH is 5. The zero-order valence-electron chi connectivity index (χ0n) is 13.5. The summed E-state index contributed by atoms with van der Waals surface area (Å²) in [6, 6.07) is -0.764. The SMILES string of the molecule is CC(=O)NC1C(C)OC(CO)C(O)C1OC1OCC(O)C(O)C1O. The first-order valence-corrected chi connectivity index (χ1v) is 7.79. The van der Waals surface area contributed by atoms with Crippen molar-refractivity contribution in [1.82, 2.24) is 5.32 Å². The summed E-state index contributed by atoms with van der Waals surface area (Å²) in [5, 5.41) is 51.4.